The number of rotatable bonds is 2. The maximum atomic E-state index is 12.1. The molecule has 1 aliphatic heterocycles. The summed E-state index contributed by atoms with van der Waals surface area (Å²) >= 11 is 0. The molecule has 0 spiro atoms. The molecule has 1 unspecified atom stereocenters. The molecule has 1 aromatic heterocycles. The Hall–Kier alpha value is -2.57. The Kier molecular flexibility index (Phi) is 4.17. The highest BCUT2D eigenvalue weighted by Gasteiger charge is 2.29. The second kappa shape index (κ2) is 6.14. The van der Waals surface area contributed by atoms with Crippen LogP contribution in [0.25, 0.3) is 11.0 Å². The summed E-state index contributed by atoms with van der Waals surface area (Å²) < 4.78 is 5.41. The van der Waals surface area contributed by atoms with Gasteiger partial charge >= 0.3 is 6.09 Å². The van der Waals surface area contributed by atoms with Gasteiger partial charge in [0.25, 0.3) is 0 Å². The minimum absolute atomic E-state index is 0.137. The van der Waals surface area contributed by atoms with Crippen molar-refractivity contribution in [3.8, 4) is 0 Å². The van der Waals surface area contributed by atoms with Crippen molar-refractivity contribution in [2.75, 3.05) is 24.1 Å². The van der Waals surface area contributed by atoms with Crippen molar-refractivity contribution >= 4 is 28.6 Å². The third kappa shape index (κ3) is 3.84. The fourth-order valence-electron chi connectivity index (χ4n) is 2.68. The molecule has 1 saturated heterocycles. The van der Waals surface area contributed by atoms with Crippen LogP contribution in [0.4, 0.5) is 16.3 Å². The minimum Gasteiger partial charge on any atom is -0.444 e. The number of carbonyl (C=O) groups is 1. The molecule has 3 rings (SSSR count). The molecule has 0 radical (unpaired) electrons. The molecule has 1 aromatic carbocycles. The van der Waals surface area contributed by atoms with Gasteiger partial charge in [-0.3, -0.25) is 4.98 Å². The van der Waals surface area contributed by atoms with Crippen LogP contribution in [0, 0.1) is 0 Å². The fourth-order valence-corrected chi connectivity index (χ4v) is 2.68. The lowest BCUT2D eigenvalue weighted by atomic mass is 10.2. The third-order valence-corrected chi connectivity index (χ3v) is 3.76. The number of hydrogen-bond donors (Lipinski definition) is 2. The average molecular weight is 329 g/mol. The van der Waals surface area contributed by atoms with E-state index in [0.29, 0.717) is 24.6 Å². The van der Waals surface area contributed by atoms with Crippen molar-refractivity contribution in [3.63, 3.8) is 0 Å². The van der Waals surface area contributed by atoms with Crippen LogP contribution in [0.3, 0.4) is 0 Å². The zero-order valence-corrected chi connectivity index (χ0v) is 14.2. The van der Waals surface area contributed by atoms with E-state index in [0.717, 1.165) is 17.5 Å². The summed E-state index contributed by atoms with van der Waals surface area (Å²) in [6.07, 6.45) is 2.27. The molecule has 0 saturated carbocycles. The molecule has 0 aliphatic carbocycles. The summed E-state index contributed by atoms with van der Waals surface area (Å²) in [4.78, 5) is 22.7. The molecule has 2 heterocycles. The molecule has 1 aliphatic rings. The van der Waals surface area contributed by atoms with Gasteiger partial charge in [0.2, 0.25) is 0 Å². The van der Waals surface area contributed by atoms with Crippen molar-refractivity contribution in [3.05, 3.63) is 24.4 Å². The number of nitrogens with two attached hydrogens (primary N) is 1. The monoisotopic (exact) mass is 329 g/mol. The van der Waals surface area contributed by atoms with Crippen LogP contribution in [-0.2, 0) is 4.74 Å². The van der Waals surface area contributed by atoms with E-state index in [1.165, 1.54) is 0 Å². The number of aromatic nitrogens is 2. The van der Waals surface area contributed by atoms with E-state index >= 15 is 0 Å². The van der Waals surface area contributed by atoms with E-state index in [2.05, 4.69) is 15.3 Å². The molecule has 24 heavy (non-hydrogen) atoms. The van der Waals surface area contributed by atoms with Gasteiger partial charge in [-0.2, -0.15) is 0 Å². The Labute approximate surface area is 141 Å². The number of amides is 1. The van der Waals surface area contributed by atoms with Crippen molar-refractivity contribution in [2.45, 2.75) is 38.8 Å². The lowest BCUT2D eigenvalue weighted by Gasteiger charge is -2.24. The molecule has 1 amide bonds. The number of ether oxygens (including phenoxy) is 1. The van der Waals surface area contributed by atoms with Gasteiger partial charge in [0.05, 0.1) is 17.2 Å². The van der Waals surface area contributed by atoms with E-state index in [4.69, 9.17) is 10.5 Å². The second-order valence-corrected chi connectivity index (χ2v) is 7.06. The maximum Gasteiger partial charge on any atom is 0.410 e. The highest BCUT2D eigenvalue weighted by Crippen LogP contribution is 2.19. The van der Waals surface area contributed by atoms with Crippen LogP contribution >= 0.6 is 0 Å². The third-order valence-electron chi connectivity index (χ3n) is 3.76. The Bertz CT molecular complexity index is 756. The predicted octanol–water partition coefficient (Wildman–Crippen LogP) is 2.63. The van der Waals surface area contributed by atoms with Gasteiger partial charge in [0, 0.05) is 24.8 Å². The molecular weight excluding hydrogens is 306 g/mol. The van der Waals surface area contributed by atoms with E-state index in [1.807, 2.05) is 26.8 Å². The van der Waals surface area contributed by atoms with Crippen LogP contribution in [0.1, 0.15) is 27.2 Å². The highest BCUT2D eigenvalue weighted by molar-refractivity contribution is 5.79. The standard InChI is InChI=1S/C17H23N5O2/c1-17(2,3)24-16(23)22-7-6-12(10-22)20-15-9-19-14-8-11(18)4-5-13(14)21-15/h4-5,8-9,12H,6-7,10,18H2,1-3H3,(H,20,21). The van der Waals surface area contributed by atoms with E-state index in [9.17, 15) is 4.79 Å². The lowest BCUT2D eigenvalue weighted by Crippen LogP contribution is -2.36. The summed E-state index contributed by atoms with van der Waals surface area (Å²) in [5, 5.41) is 3.34. The van der Waals surface area contributed by atoms with Crippen molar-refractivity contribution in [2.24, 2.45) is 0 Å². The first-order valence-corrected chi connectivity index (χ1v) is 8.07. The SMILES string of the molecule is CC(C)(C)OC(=O)N1CCC(Nc2cnc3cc(N)ccc3n2)C1. The number of likely N-dealkylation sites (tertiary alicyclic amines) is 1. The predicted molar refractivity (Wildman–Crippen MR) is 93.8 cm³/mol. The zero-order valence-electron chi connectivity index (χ0n) is 14.2. The van der Waals surface area contributed by atoms with E-state index < -0.39 is 5.60 Å². The van der Waals surface area contributed by atoms with Crippen LogP contribution in [-0.4, -0.2) is 45.7 Å². The van der Waals surface area contributed by atoms with Gasteiger partial charge in [0.1, 0.15) is 11.4 Å². The van der Waals surface area contributed by atoms with Crippen LogP contribution in [0.2, 0.25) is 0 Å². The molecule has 7 nitrogen and oxygen atoms in total. The number of hydrogen-bond acceptors (Lipinski definition) is 6. The van der Waals surface area contributed by atoms with Gasteiger partial charge < -0.3 is 20.7 Å². The quantitative estimate of drug-likeness (QED) is 0.823. The number of nitrogens with zero attached hydrogens (tertiary/aromatic N) is 3. The zero-order chi connectivity index (χ0) is 17.3. The number of anilines is 2. The fraction of sp³-hybridized carbons (Fsp3) is 0.471. The molecular formula is C17H23N5O2. The van der Waals surface area contributed by atoms with Gasteiger partial charge in [-0.25, -0.2) is 9.78 Å². The molecule has 128 valence electrons. The Morgan fingerprint density at radius 3 is 2.92 bits per heavy atom. The lowest BCUT2D eigenvalue weighted by molar-refractivity contribution is 0.0293. The number of fused-ring (bicyclic) bond motifs is 1. The van der Waals surface area contributed by atoms with E-state index in [-0.39, 0.29) is 12.1 Å². The number of nitrogens with one attached hydrogen (secondary N) is 1. The van der Waals surface area contributed by atoms with Crippen LogP contribution in [0.15, 0.2) is 24.4 Å². The van der Waals surface area contributed by atoms with Gasteiger partial charge in [-0.1, -0.05) is 0 Å². The summed E-state index contributed by atoms with van der Waals surface area (Å²) in [6.45, 7) is 6.87. The van der Waals surface area contributed by atoms with Crippen molar-refractivity contribution in [1.29, 1.82) is 0 Å². The normalized spacial score (nSPS) is 18.0. The summed E-state index contributed by atoms with van der Waals surface area (Å²) in [7, 11) is 0. The van der Waals surface area contributed by atoms with Gasteiger partial charge in [-0.15, -0.1) is 0 Å². The first-order valence-electron chi connectivity index (χ1n) is 8.07. The molecule has 7 heteroatoms. The second-order valence-electron chi connectivity index (χ2n) is 7.06. The minimum atomic E-state index is -0.478. The molecule has 2 aromatic rings. The number of benzene rings is 1. The number of carbonyl (C=O) groups excluding carboxylic acids is 1. The van der Waals surface area contributed by atoms with E-state index in [1.54, 1.807) is 23.2 Å². The van der Waals surface area contributed by atoms with Crippen LogP contribution in [0.5, 0.6) is 0 Å². The Balaban J connectivity index is 1.63. The Morgan fingerprint density at radius 2 is 2.17 bits per heavy atom. The summed E-state index contributed by atoms with van der Waals surface area (Å²) in [5.74, 6) is 0.698. The smallest absolute Gasteiger partial charge is 0.410 e. The topological polar surface area (TPSA) is 93.4 Å². The first kappa shape index (κ1) is 16.3. The maximum absolute atomic E-state index is 12.1. The molecule has 1 fully saturated rings. The Morgan fingerprint density at radius 1 is 1.38 bits per heavy atom. The highest BCUT2D eigenvalue weighted by atomic mass is 16.6. The molecule has 3 N–H and O–H groups in total. The van der Waals surface area contributed by atoms with Gasteiger partial charge in [-0.05, 0) is 45.4 Å². The average Bonchev–Trinajstić information content (AvgIpc) is 2.94. The molecule has 1 atom stereocenters. The molecule has 0 bridgehead atoms. The van der Waals surface area contributed by atoms with Crippen molar-refractivity contribution < 1.29 is 9.53 Å². The summed E-state index contributed by atoms with van der Waals surface area (Å²) in [6, 6.07) is 5.59. The summed E-state index contributed by atoms with van der Waals surface area (Å²) in [5.41, 5.74) is 7.49. The number of nitrogen functional groups attached to an aromatic ring is 1. The largest absolute Gasteiger partial charge is 0.444 e. The van der Waals surface area contributed by atoms with Gasteiger partial charge in [0.15, 0.2) is 0 Å². The van der Waals surface area contributed by atoms with Crippen LogP contribution < -0.4 is 11.1 Å². The first-order chi connectivity index (χ1) is 11.3. The van der Waals surface area contributed by atoms with Crippen molar-refractivity contribution in [1.82, 2.24) is 14.9 Å².